The molecule has 1 aliphatic rings. The maximum atomic E-state index is 13.3. The normalized spacial score (nSPS) is 14.6. The van der Waals surface area contributed by atoms with E-state index in [9.17, 15) is 8.78 Å². The largest absolute Gasteiger partial charge is 0.294 e. The molecule has 0 saturated carbocycles. The van der Waals surface area contributed by atoms with Crippen molar-refractivity contribution in [1.29, 1.82) is 0 Å². The second kappa shape index (κ2) is 6.37. The summed E-state index contributed by atoms with van der Waals surface area (Å²) in [5.41, 5.74) is 2.95. The van der Waals surface area contributed by atoms with Gasteiger partial charge in [0.2, 0.25) is 0 Å². The van der Waals surface area contributed by atoms with E-state index in [4.69, 9.17) is 0 Å². The number of thiophene rings is 1. The Balaban J connectivity index is 1.50. The van der Waals surface area contributed by atoms with Crippen LogP contribution in [0.15, 0.2) is 41.9 Å². The number of benzene rings is 1. The Morgan fingerprint density at radius 1 is 1.17 bits per heavy atom. The second-order valence-electron chi connectivity index (χ2n) is 5.85. The van der Waals surface area contributed by atoms with Gasteiger partial charge in [0.15, 0.2) is 17.5 Å². The van der Waals surface area contributed by atoms with Crippen LogP contribution < -0.4 is 0 Å². The van der Waals surface area contributed by atoms with Crippen molar-refractivity contribution < 1.29 is 8.78 Å². The number of aromatic nitrogens is 2. The Labute approximate surface area is 142 Å². The third-order valence-corrected chi connectivity index (χ3v) is 5.01. The molecule has 3 nitrogen and oxygen atoms in total. The smallest absolute Gasteiger partial charge is 0.169 e. The van der Waals surface area contributed by atoms with Crippen LogP contribution in [0.25, 0.3) is 10.7 Å². The SMILES string of the molecule is Fc1ccc(CN2CCc3nc(-c4cccs4)ncc3C2)cc1F. The van der Waals surface area contributed by atoms with Crippen LogP contribution in [0.5, 0.6) is 0 Å². The minimum absolute atomic E-state index is 0.587. The zero-order valence-electron chi connectivity index (χ0n) is 12.9. The van der Waals surface area contributed by atoms with Gasteiger partial charge in [-0.25, -0.2) is 18.7 Å². The predicted octanol–water partition coefficient (Wildman–Crippen LogP) is 4.04. The Bertz CT molecular complexity index is 865. The van der Waals surface area contributed by atoms with Gasteiger partial charge in [0.05, 0.1) is 10.6 Å². The van der Waals surface area contributed by atoms with E-state index in [0.29, 0.717) is 6.54 Å². The van der Waals surface area contributed by atoms with Crippen LogP contribution in [-0.2, 0) is 19.5 Å². The van der Waals surface area contributed by atoms with Crippen molar-refractivity contribution >= 4 is 11.3 Å². The fourth-order valence-electron chi connectivity index (χ4n) is 2.93. The van der Waals surface area contributed by atoms with E-state index in [1.165, 1.54) is 12.1 Å². The molecule has 0 unspecified atom stereocenters. The number of fused-ring (bicyclic) bond motifs is 1. The maximum Gasteiger partial charge on any atom is 0.169 e. The number of rotatable bonds is 3. The summed E-state index contributed by atoms with van der Waals surface area (Å²) in [6.45, 7) is 2.15. The van der Waals surface area contributed by atoms with Gasteiger partial charge >= 0.3 is 0 Å². The first-order valence-electron chi connectivity index (χ1n) is 7.74. The van der Waals surface area contributed by atoms with Gasteiger partial charge in [0.25, 0.3) is 0 Å². The average Bonchev–Trinajstić information content (AvgIpc) is 3.12. The van der Waals surface area contributed by atoms with Gasteiger partial charge in [-0.05, 0) is 29.1 Å². The minimum Gasteiger partial charge on any atom is -0.294 e. The fourth-order valence-corrected chi connectivity index (χ4v) is 3.59. The summed E-state index contributed by atoms with van der Waals surface area (Å²) in [5, 5.41) is 2.02. The van der Waals surface area contributed by atoms with E-state index in [1.807, 2.05) is 23.7 Å². The summed E-state index contributed by atoms with van der Waals surface area (Å²) in [5.74, 6) is -0.830. The molecule has 0 radical (unpaired) electrons. The molecule has 0 amide bonds. The van der Waals surface area contributed by atoms with Gasteiger partial charge in [-0.1, -0.05) is 12.1 Å². The quantitative estimate of drug-likeness (QED) is 0.719. The highest BCUT2D eigenvalue weighted by Crippen LogP contribution is 2.25. The highest BCUT2D eigenvalue weighted by atomic mass is 32.1. The van der Waals surface area contributed by atoms with Crippen LogP contribution in [-0.4, -0.2) is 21.4 Å². The molecular formula is C18H15F2N3S. The topological polar surface area (TPSA) is 29.0 Å². The summed E-state index contributed by atoms with van der Waals surface area (Å²) < 4.78 is 26.4. The van der Waals surface area contributed by atoms with E-state index in [1.54, 1.807) is 17.4 Å². The summed E-state index contributed by atoms with van der Waals surface area (Å²) >= 11 is 1.63. The van der Waals surface area contributed by atoms with E-state index in [2.05, 4.69) is 14.9 Å². The Morgan fingerprint density at radius 3 is 2.88 bits per heavy atom. The molecule has 4 rings (SSSR count). The fraction of sp³-hybridized carbons (Fsp3) is 0.222. The van der Waals surface area contributed by atoms with E-state index in [0.717, 1.165) is 47.0 Å². The predicted molar refractivity (Wildman–Crippen MR) is 89.5 cm³/mol. The molecule has 0 bridgehead atoms. The van der Waals surface area contributed by atoms with Crippen LogP contribution in [0.4, 0.5) is 8.78 Å². The molecule has 0 fully saturated rings. The van der Waals surface area contributed by atoms with Crippen molar-refractivity contribution in [2.45, 2.75) is 19.5 Å². The first kappa shape index (κ1) is 15.4. The highest BCUT2D eigenvalue weighted by Gasteiger charge is 2.19. The molecular weight excluding hydrogens is 328 g/mol. The van der Waals surface area contributed by atoms with Crippen LogP contribution in [0.1, 0.15) is 16.8 Å². The zero-order valence-corrected chi connectivity index (χ0v) is 13.7. The minimum atomic E-state index is -0.808. The van der Waals surface area contributed by atoms with Crippen LogP contribution >= 0.6 is 11.3 Å². The van der Waals surface area contributed by atoms with Crippen molar-refractivity contribution in [3.05, 3.63) is 70.4 Å². The second-order valence-corrected chi connectivity index (χ2v) is 6.80. The highest BCUT2D eigenvalue weighted by molar-refractivity contribution is 7.13. The van der Waals surface area contributed by atoms with Gasteiger partial charge in [0, 0.05) is 37.8 Å². The third-order valence-electron chi connectivity index (χ3n) is 4.14. The molecule has 0 N–H and O–H groups in total. The molecule has 1 aliphatic heterocycles. The summed E-state index contributed by atoms with van der Waals surface area (Å²) in [6.07, 6.45) is 2.72. The van der Waals surface area contributed by atoms with Crippen LogP contribution in [0.2, 0.25) is 0 Å². The van der Waals surface area contributed by atoms with Gasteiger partial charge in [-0.3, -0.25) is 4.90 Å². The van der Waals surface area contributed by atoms with Gasteiger partial charge in [-0.2, -0.15) is 0 Å². The summed E-state index contributed by atoms with van der Waals surface area (Å²) in [6, 6.07) is 8.08. The monoisotopic (exact) mass is 343 g/mol. The number of nitrogens with zero attached hydrogens (tertiary/aromatic N) is 3. The lowest BCUT2D eigenvalue weighted by atomic mass is 10.1. The molecule has 3 aromatic rings. The summed E-state index contributed by atoms with van der Waals surface area (Å²) in [4.78, 5) is 12.4. The van der Waals surface area contributed by atoms with Crippen LogP contribution in [0, 0.1) is 11.6 Å². The van der Waals surface area contributed by atoms with Crippen molar-refractivity contribution in [2.75, 3.05) is 6.54 Å². The maximum absolute atomic E-state index is 13.3. The molecule has 3 heterocycles. The number of halogens is 2. The lowest BCUT2D eigenvalue weighted by Gasteiger charge is -2.28. The Kier molecular flexibility index (Phi) is 4.08. The number of hydrogen-bond acceptors (Lipinski definition) is 4. The van der Waals surface area contributed by atoms with Gasteiger partial charge in [-0.15, -0.1) is 11.3 Å². The van der Waals surface area contributed by atoms with Gasteiger partial charge < -0.3 is 0 Å². The molecule has 0 atom stereocenters. The van der Waals surface area contributed by atoms with Crippen molar-refractivity contribution in [1.82, 2.24) is 14.9 Å². The average molecular weight is 343 g/mol. The molecule has 0 spiro atoms. The van der Waals surface area contributed by atoms with E-state index < -0.39 is 11.6 Å². The first-order chi connectivity index (χ1) is 11.7. The molecule has 24 heavy (non-hydrogen) atoms. The Hall–Kier alpha value is -2.18. The van der Waals surface area contributed by atoms with E-state index in [-0.39, 0.29) is 0 Å². The van der Waals surface area contributed by atoms with Crippen molar-refractivity contribution in [2.24, 2.45) is 0 Å². The lowest BCUT2D eigenvalue weighted by molar-refractivity contribution is 0.242. The molecule has 2 aromatic heterocycles. The molecule has 1 aromatic carbocycles. The Morgan fingerprint density at radius 2 is 2.08 bits per heavy atom. The lowest BCUT2D eigenvalue weighted by Crippen LogP contribution is -2.31. The molecule has 0 saturated heterocycles. The third kappa shape index (κ3) is 3.07. The van der Waals surface area contributed by atoms with Crippen LogP contribution in [0.3, 0.4) is 0 Å². The standard InChI is InChI=1S/C18H15F2N3S/c19-14-4-3-12(8-15(14)20)10-23-6-5-16-13(11-23)9-21-18(22-16)17-2-1-7-24-17/h1-4,7-9H,5-6,10-11H2. The number of hydrogen-bond donors (Lipinski definition) is 0. The van der Waals surface area contributed by atoms with Crippen molar-refractivity contribution in [3.8, 4) is 10.7 Å². The molecule has 122 valence electrons. The molecule has 6 heteroatoms. The summed E-state index contributed by atoms with van der Waals surface area (Å²) in [7, 11) is 0. The molecule has 0 aliphatic carbocycles. The first-order valence-corrected chi connectivity index (χ1v) is 8.62. The van der Waals surface area contributed by atoms with Crippen molar-refractivity contribution in [3.63, 3.8) is 0 Å². The van der Waals surface area contributed by atoms with E-state index >= 15 is 0 Å². The van der Waals surface area contributed by atoms with Gasteiger partial charge in [0.1, 0.15) is 0 Å². The zero-order chi connectivity index (χ0) is 16.5.